The predicted octanol–water partition coefficient (Wildman–Crippen LogP) is 4.65. The van der Waals surface area contributed by atoms with Crippen LogP contribution in [-0.4, -0.2) is 60.5 Å². The Balaban J connectivity index is 1.83. The highest BCUT2D eigenvalue weighted by Gasteiger charge is 2.22. The van der Waals surface area contributed by atoms with Crippen molar-refractivity contribution in [3.05, 3.63) is 59.8 Å². The third kappa shape index (κ3) is 6.78. The van der Waals surface area contributed by atoms with Gasteiger partial charge < -0.3 is 24.3 Å². The Morgan fingerprint density at radius 3 is 2.40 bits per heavy atom. The zero-order chi connectivity index (χ0) is 25.4. The highest BCUT2D eigenvalue weighted by molar-refractivity contribution is 5.85. The monoisotopic (exact) mass is 479 g/mol. The van der Waals surface area contributed by atoms with Crippen molar-refractivity contribution >= 4 is 22.7 Å². The van der Waals surface area contributed by atoms with Crippen molar-refractivity contribution in [2.24, 2.45) is 5.92 Å². The molecule has 2 amide bonds. The second-order valence-electron chi connectivity index (χ2n) is 9.14. The maximum Gasteiger partial charge on any atom is 0.242 e. The topological polar surface area (TPSA) is 74.9 Å². The number of methoxy groups -OCH3 is 2. The van der Waals surface area contributed by atoms with E-state index in [2.05, 4.69) is 24.9 Å². The smallest absolute Gasteiger partial charge is 0.242 e. The van der Waals surface area contributed by atoms with Crippen molar-refractivity contribution in [3.63, 3.8) is 0 Å². The second-order valence-corrected chi connectivity index (χ2v) is 9.14. The standard InChI is InChI=1S/C28H37N3O4/c1-6-27(32)31(17-20(2)3)19-28(33)30(18-21-11-12-25(34-4)26(15-21)35-5)14-13-22-16-29-24-10-8-7-9-23(22)24/h7-12,15-16,20,29H,6,13-14,17-19H2,1-5H3. The second kappa shape index (κ2) is 12.3. The van der Waals surface area contributed by atoms with Crippen LogP contribution >= 0.6 is 0 Å². The van der Waals surface area contributed by atoms with Gasteiger partial charge in [0.15, 0.2) is 11.5 Å². The molecule has 0 aliphatic heterocycles. The summed E-state index contributed by atoms with van der Waals surface area (Å²) < 4.78 is 10.8. The molecular weight excluding hydrogens is 442 g/mol. The van der Waals surface area contributed by atoms with Crippen LogP contribution < -0.4 is 9.47 Å². The van der Waals surface area contributed by atoms with E-state index in [0.717, 1.165) is 22.0 Å². The van der Waals surface area contributed by atoms with Gasteiger partial charge in [-0.3, -0.25) is 9.59 Å². The largest absolute Gasteiger partial charge is 0.493 e. The molecule has 1 aromatic heterocycles. The number of nitrogens with zero attached hydrogens (tertiary/aromatic N) is 2. The van der Waals surface area contributed by atoms with Gasteiger partial charge in [0.25, 0.3) is 0 Å². The summed E-state index contributed by atoms with van der Waals surface area (Å²) in [5.41, 5.74) is 3.18. The van der Waals surface area contributed by atoms with Gasteiger partial charge >= 0.3 is 0 Å². The zero-order valence-electron chi connectivity index (χ0n) is 21.5. The molecule has 0 aliphatic rings. The van der Waals surface area contributed by atoms with E-state index in [-0.39, 0.29) is 24.3 Å². The van der Waals surface area contributed by atoms with Gasteiger partial charge in [-0.2, -0.15) is 0 Å². The fourth-order valence-electron chi connectivity index (χ4n) is 4.27. The number of aromatic amines is 1. The molecule has 0 unspecified atom stereocenters. The molecule has 0 bridgehead atoms. The molecule has 7 nitrogen and oxygen atoms in total. The number of benzene rings is 2. The van der Waals surface area contributed by atoms with Crippen LogP contribution in [0.5, 0.6) is 11.5 Å². The minimum atomic E-state index is -0.0675. The van der Waals surface area contributed by atoms with Crippen LogP contribution in [0.4, 0.5) is 0 Å². The fourth-order valence-corrected chi connectivity index (χ4v) is 4.27. The van der Waals surface area contributed by atoms with Crippen molar-refractivity contribution in [1.82, 2.24) is 14.8 Å². The summed E-state index contributed by atoms with van der Waals surface area (Å²) in [7, 11) is 3.20. The maximum atomic E-state index is 13.5. The van der Waals surface area contributed by atoms with Crippen molar-refractivity contribution in [2.45, 2.75) is 40.2 Å². The summed E-state index contributed by atoms with van der Waals surface area (Å²) in [4.78, 5) is 32.9. The lowest BCUT2D eigenvalue weighted by Gasteiger charge is -2.29. The van der Waals surface area contributed by atoms with Crippen molar-refractivity contribution < 1.29 is 19.1 Å². The summed E-state index contributed by atoms with van der Waals surface area (Å²) in [6, 6.07) is 13.8. The molecule has 3 aromatic rings. The summed E-state index contributed by atoms with van der Waals surface area (Å²) >= 11 is 0. The first kappa shape index (κ1) is 26.1. The van der Waals surface area contributed by atoms with Gasteiger partial charge in [0.1, 0.15) is 0 Å². The molecule has 1 heterocycles. The summed E-state index contributed by atoms with van der Waals surface area (Å²) in [6.45, 7) is 7.52. The number of nitrogens with one attached hydrogen (secondary N) is 1. The predicted molar refractivity (Wildman–Crippen MR) is 139 cm³/mol. The van der Waals surface area contributed by atoms with Crippen LogP contribution in [0.25, 0.3) is 10.9 Å². The molecule has 0 saturated carbocycles. The lowest BCUT2D eigenvalue weighted by Crippen LogP contribution is -2.44. The molecule has 0 fully saturated rings. The number of rotatable bonds is 12. The number of amides is 2. The van der Waals surface area contributed by atoms with E-state index in [1.165, 1.54) is 0 Å². The Hall–Kier alpha value is -3.48. The third-order valence-electron chi connectivity index (χ3n) is 6.07. The molecule has 188 valence electrons. The normalized spacial score (nSPS) is 11.0. The number of H-pyrrole nitrogens is 1. The molecule has 0 radical (unpaired) electrons. The van der Waals surface area contributed by atoms with Crippen LogP contribution in [0.3, 0.4) is 0 Å². The van der Waals surface area contributed by atoms with Gasteiger partial charge in [0.05, 0.1) is 20.8 Å². The van der Waals surface area contributed by atoms with Crippen LogP contribution in [0.2, 0.25) is 0 Å². The number of hydrogen-bond acceptors (Lipinski definition) is 4. The van der Waals surface area contributed by atoms with E-state index in [4.69, 9.17) is 9.47 Å². The van der Waals surface area contributed by atoms with E-state index >= 15 is 0 Å². The van der Waals surface area contributed by atoms with Gasteiger partial charge in [-0.25, -0.2) is 0 Å². The van der Waals surface area contributed by atoms with Gasteiger partial charge in [0.2, 0.25) is 11.8 Å². The van der Waals surface area contributed by atoms with Gasteiger partial charge in [-0.1, -0.05) is 45.0 Å². The number of aromatic nitrogens is 1. The Labute approximate surface area is 208 Å². The van der Waals surface area contributed by atoms with Gasteiger partial charge in [-0.05, 0) is 41.7 Å². The molecule has 1 N–H and O–H groups in total. The number of fused-ring (bicyclic) bond motifs is 1. The zero-order valence-corrected chi connectivity index (χ0v) is 21.5. The van der Waals surface area contributed by atoms with E-state index < -0.39 is 0 Å². The number of hydrogen-bond donors (Lipinski definition) is 1. The SMILES string of the molecule is CCC(=O)N(CC(=O)N(CCc1c[nH]c2ccccc12)Cc1ccc(OC)c(OC)c1)CC(C)C. The lowest BCUT2D eigenvalue weighted by atomic mass is 10.1. The fraction of sp³-hybridized carbons (Fsp3) is 0.429. The molecule has 7 heteroatoms. The molecule has 0 saturated heterocycles. The molecule has 2 aromatic carbocycles. The van der Waals surface area contributed by atoms with Crippen LogP contribution in [0.1, 0.15) is 38.3 Å². The minimum Gasteiger partial charge on any atom is -0.493 e. The first-order valence-electron chi connectivity index (χ1n) is 12.2. The van der Waals surface area contributed by atoms with Crippen LogP contribution in [0.15, 0.2) is 48.7 Å². The number of carbonyl (C=O) groups excluding carboxylic acids is 2. The molecule has 0 atom stereocenters. The van der Waals surface area contributed by atoms with Crippen LogP contribution in [-0.2, 0) is 22.6 Å². The van der Waals surface area contributed by atoms with E-state index in [1.807, 2.05) is 54.4 Å². The van der Waals surface area contributed by atoms with Crippen molar-refractivity contribution in [1.29, 1.82) is 0 Å². The summed E-state index contributed by atoms with van der Waals surface area (Å²) in [5, 5.41) is 1.16. The Morgan fingerprint density at radius 2 is 1.71 bits per heavy atom. The average molecular weight is 480 g/mol. The molecule has 3 rings (SSSR count). The first-order chi connectivity index (χ1) is 16.9. The van der Waals surface area contributed by atoms with Crippen molar-refractivity contribution in [3.8, 4) is 11.5 Å². The highest BCUT2D eigenvalue weighted by atomic mass is 16.5. The number of carbonyl (C=O) groups is 2. The summed E-state index contributed by atoms with van der Waals surface area (Å²) in [5.74, 6) is 1.47. The number of ether oxygens (including phenoxy) is 2. The lowest BCUT2D eigenvalue weighted by molar-refractivity contribution is -0.141. The molecule has 35 heavy (non-hydrogen) atoms. The minimum absolute atomic E-state index is 0.00487. The van der Waals surface area contributed by atoms with E-state index in [1.54, 1.807) is 19.1 Å². The maximum absolute atomic E-state index is 13.5. The third-order valence-corrected chi connectivity index (χ3v) is 6.07. The van der Waals surface area contributed by atoms with Crippen LogP contribution in [0, 0.1) is 5.92 Å². The van der Waals surface area contributed by atoms with Gasteiger partial charge in [0, 0.05) is 43.2 Å². The highest BCUT2D eigenvalue weighted by Crippen LogP contribution is 2.28. The molecule has 0 spiro atoms. The van der Waals surface area contributed by atoms with Gasteiger partial charge in [-0.15, -0.1) is 0 Å². The Kier molecular flexibility index (Phi) is 9.18. The molecule has 0 aliphatic carbocycles. The van der Waals surface area contributed by atoms with Crippen molar-refractivity contribution in [2.75, 3.05) is 33.9 Å². The molecular formula is C28H37N3O4. The Bertz CT molecular complexity index is 1140. The average Bonchev–Trinajstić information content (AvgIpc) is 3.28. The summed E-state index contributed by atoms with van der Waals surface area (Å²) in [6.07, 6.45) is 3.09. The van der Waals surface area contributed by atoms with E-state index in [0.29, 0.717) is 44.0 Å². The Morgan fingerprint density at radius 1 is 0.971 bits per heavy atom. The number of para-hydroxylation sites is 1. The van der Waals surface area contributed by atoms with E-state index in [9.17, 15) is 9.59 Å². The first-order valence-corrected chi connectivity index (χ1v) is 12.2. The quantitative estimate of drug-likeness (QED) is 0.410.